The number of aryl methyl sites for hydroxylation is 1. The van der Waals surface area contributed by atoms with Crippen LogP contribution in [0.1, 0.15) is 6.92 Å². The molecule has 10 heavy (non-hydrogen) atoms. The van der Waals surface area contributed by atoms with E-state index >= 15 is 0 Å². The predicted octanol–water partition coefficient (Wildman–Crippen LogP) is -0.699. The summed E-state index contributed by atoms with van der Waals surface area (Å²) in [5.41, 5.74) is 0. The van der Waals surface area contributed by atoms with Crippen LogP contribution in [-0.4, -0.2) is 31.3 Å². The van der Waals surface area contributed by atoms with E-state index in [2.05, 4.69) is 15.4 Å². The quantitative estimate of drug-likeness (QED) is 0.520. The van der Waals surface area contributed by atoms with Crippen LogP contribution in [0.5, 0.6) is 0 Å². The number of nitrogens with zero attached hydrogens (tertiary/aromatic N) is 4. The Morgan fingerprint density at radius 1 is 1.70 bits per heavy atom. The SMILES string of the molecule is CC(=O)O.Cn1ncnn1. The van der Waals surface area contributed by atoms with E-state index in [0.717, 1.165) is 6.92 Å². The Hall–Kier alpha value is -1.46. The van der Waals surface area contributed by atoms with Crippen LogP contribution in [0.3, 0.4) is 0 Å². The molecule has 0 aliphatic carbocycles. The zero-order chi connectivity index (χ0) is 7.98. The molecule has 56 valence electrons. The molecule has 0 unspecified atom stereocenters. The lowest BCUT2D eigenvalue weighted by Gasteiger charge is -1.71. The molecule has 0 aliphatic rings. The number of hydrogen-bond donors (Lipinski definition) is 1. The van der Waals surface area contributed by atoms with E-state index in [1.807, 2.05) is 0 Å². The second kappa shape index (κ2) is 4.42. The fourth-order valence-corrected chi connectivity index (χ4v) is 0.219. The van der Waals surface area contributed by atoms with Gasteiger partial charge in [-0.2, -0.15) is 4.80 Å². The lowest BCUT2D eigenvalue weighted by atomic mass is 10.9. The van der Waals surface area contributed by atoms with Crippen molar-refractivity contribution in [3.05, 3.63) is 6.33 Å². The van der Waals surface area contributed by atoms with Crippen LogP contribution in [0.2, 0.25) is 0 Å². The van der Waals surface area contributed by atoms with Crippen LogP contribution in [0.4, 0.5) is 0 Å². The summed E-state index contributed by atoms with van der Waals surface area (Å²) < 4.78 is 0. The monoisotopic (exact) mass is 144 g/mol. The minimum Gasteiger partial charge on any atom is -0.481 e. The summed E-state index contributed by atoms with van der Waals surface area (Å²) in [6.45, 7) is 1.08. The van der Waals surface area contributed by atoms with Crippen LogP contribution < -0.4 is 0 Å². The van der Waals surface area contributed by atoms with Crippen LogP contribution >= 0.6 is 0 Å². The lowest BCUT2D eigenvalue weighted by Crippen LogP contribution is -1.90. The zero-order valence-corrected chi connectivity index (χ0v) is 5.72. The molecule has 0 saturated heterocycles. The van der Waals surface area contributed by atoms with Crippen molar-refractivity contribution in [2.24, 2.45) is 7.05 Å². The molecule has 1 N–H and O–H groups in total. The van der Waals surface area contributed by atoms with Gasteiger partial charge in [-0.3, -0.25) is 4.79 Å². The first-order valence-electron chi connectivity index (χ1n) is 2.49. The van der Waals surface area contributed by atoms with Crippen molar-refractivity contribution in [1.29, 1.82) is 0 Å². The maximum Gasteiger partial charge on any atom is 0.300 e. The average Bonchev–Trinajstić information content (AvgIpc) is 2.15. The summed E-state index contributed by atoms with van der Waals surface area (Å²) >= 11 is 0. The lowest BCUT2D eigenvalue weighted by molar-refractivity contribution is -0.134. The molecule has 1 heterocycles. The van der Waals surface area contributed by atoms with Crippen molar-refractivity contribution in [3.8, 4) is 0 Å². The molecule has 6 nitrogen and oxygen atoms in total. The molecule has 1 rings (SSSR count). The van der Waals surface area contributed by atoms with Gasteiger partial charge in [-0.05, 0) is 5.21 Å². The van der Waals surface area contributed by atoms with Crippen LogP contribution in [0, 0.1) is 0 Å². The van der Waals surface area contributed by atoms with E-state index in [0.29, 0.717) is 0 Å². The molecule has 1 aromatic rings. The summed E-state index contributed by atoms with van der Waals surface area (Å²) in [5, 5.41) is 17.9. The van der Waals surface area contributed by atoms with Crippen molar-refractivity contribution < 1.29 is 9.90 Å². The van der Waals surface area contributed by atoms with Gasteiger partial charge >= 0.3 is 0 Å². The Morgan fingerprint density at radius 3 is 2.30 bits per heavy atom. The molecule has 0 saturated carbocycles. The Kier molecular flexibility index (Phi) is 3.78. The second-order valence-electron chi connectivity index (χ2n) is 1.44. The third kappa shape index (κ3) is 6.54. The molecule has 0 bridgehead atoms. The summed E-state index contributed by atoms with van der Waals surface area (Å²) in [5.74, 6) is -0.833. The molecular weight excluding hydrogens is 136 g/mol. The van der Waals surface area contributed by atoms with Gasteiger partial charge in [-0.25, -0.2) is 0 Å². The van der Waals surface area contributed by atoms with Crippen molar-refractivity contribution in [2.75, 3.05) is 0 Å². The van der Waals surface area contributed by atoms with Gasteiger partial charge in [0.25, 0.3) is 5.97 Å². The molecule has 6 heteroatoms. The number of carboxylic acids is 1. The third-order valence-electron chi connectivity index (χ3n) is 0.451. The summed E-state index contributed by atoms with van der Waals surface area (Å²) in [6.07, 6.45) is 1.39. The molecule has 1 aromatic heterocycles. The highest BCUT2D eigenvalue weighted by Crippen LogP contribution is 1.56. The highest BCUT2D eigenvalue weighted by molar-refractivity contribution is 5.62. The number of aliphatic carboxylic acids is 1. The molecule has 0 amide bonds. The molecule has 0 fully saturated rings. The molecule has 0 atom stereocenters. The van der Waals surface area contributed by atoms with Gasteiger partial charge in [-0.1, -0.05) is 0 Å². The van der Waals surface area contributed by atoms with E-state index in [9.17, 15) is 0 Å². The molecule has 0 radical (unpaired) electrons. The second-order valence-corrected chi connectivity index (χ2v) is 1.44. The number of aromatic nitrogens is 4. The number of tetrazole rings is 1. The fraction of sp³-hybridized carbons (Fsp3) is 0.500. The summed E-state index contributed by atoms with van der Waals surface area (Å²) in [7, 11) is 1.72. The topological polar surface area (TPSA) is 80.9 Å². The van der Waals surface area contributed by atoms with E-state index in [-0.39, 0.29) is 0 Å². The summed E-state index contributed by atoms with van der Waals surface area (Å²) in [6, 6.07) is 0. The van der Waals surface area contributed by atoms with Crippen LogP contribution in [0.15, 0.2) is 6.33 Å². The standard InChI is InChI=1S/C2H4N4.C2H4O2/c1-6-4-2-3-5-6;1-2(3)4/h2H,1H3;1H3,(H,3,4). The predicted molar refractivity (Wildman–Crippen MR) is 32.1 cm³/mol. The normalized spacial score (nSPS) is 7.80. The first kappa shape index (κ1) is 8.54. The maximum absolute atomic E-state index is 9.00. The molecular formula is C4H8N4O2. The van der Waals surface area contributed by atoms with E-state index in [1.165, 1.54) is 11.1 Å². The molecule has 0 aromatic carbocycles. The highest BCUT2D eigenvalue weighted by atomic mass is 16.4. The highest BCUT2D eigenvalue weighted by Gasteiger charge is 1.72. The van der Waals surface area contributed by atoms with Gasteiger partial charge in [0, 0.05) is 6.92 Å². The molecule has 0 aliphatic heterocycles. The van der Waals surface area contributed by atoms with Gasteiger partial charge in [0.2, 0.25) is 0 Å². The minimum absolute atomic E-state index is 0.833. The number of carboxylic acid groups (broad SMARTS) is 1. The van der Waals surface area contributed by atoms with E-state index in [1.54, 1.807) is 7.05 Å². The van der Waals surface area contributed by atoms with Crippen LogP contribution in [-0.2, 0) is 11.8 Å². The van der Waals surface area contributed by atoms with E-state index < -0.39 is 5.97 Å². The van der Waals surface area contributed by atoms with Crippen molar-refractivity contribution in [2.45, 2.75) is 6.92 Å². The minimum atomic E-state index is -0.833. The van der Waals surface area contributed by atoms with Crippen LogP contribution in [0.25, 0.3) is 0 Å². The maximum atomic E-state index is 9.00. The average molecular weight is 144 g/mol. The Morgan fingerprint density at radius 2 is 2.20 bits per heavy atom. The largest absolute Gasteiger partial charge is 0.481 e. The zero-order valence-electron chi connectivity index (χ0n) is 5.72. The Balaban J connectivity index is 0.000000180. The van der Waals surface area contributed by atoms with Crippen molar-refractivity contribution in [3.63, 3.8) is 0 Å². The van der Waals surface area contributed by atoms with Gasteiger partial charge in [-0.15, -0.1) is 10.2 Å². The molecule has 0 spiro atoms. The van der Waals surface area contributed by atoms with Crippen molar-refractivity contribution in [1.82, 2.24) is 20.2 Å². The summed E-state index contributed by atoms with van der Waals surface area (Å²) in [4.78, 5) is 10.4. The number of rotatable bonds is 0. The van der Waals surface area contributed by atoms with Gasteiger partial charge in [0.15, 0.2) is 6.33 Å². The van der Waals surface area contributed by atoms with Gasteiger partial charge in [0.1, 0.15) is 0 Å². The number of carbonyl (C=O) groups is 1. The third-order valence-corrected chi connectivity index (χ3v) is 0.451. The first-order chi connectivity index (χ1) is 4.63. The first-order valence-corrected chi connectivity index (χ1v) is 2.49. The van der Waals surface area contributed by atoms with Crippen molar-refractivity contribution >= 4 is 5.97 Å². The fourth-order valence-electron chi connectivity index (χ4n) is 0.219. The Bertz CT molecular complexity index is 179. The van der Waals surface area contributed by atoms with Gasteiger partial charge in [0.05, 0.1) is 7.05 Å². The smallest absolute Gasteiger partial charge is 0.300 e. The van der Waals surface area contributed by atoms with E-state index in [4.69, 9.17) is 9.90 Å². The van der Waals surface area contributed by atoms with Gasteiger partial charge < -0.3 is 5.11 Å². The Labute approximate surface area is 57.5 Å². The number of hydrogen-bond acceptors (Lipinski definition) is 4.